The van der Waals surface area contributed by atoms with Crippen LogP contribution in [0.2, 0.25) is 5.02 Å². The summed E-state index contributed by atoms with van der Waals surface area (Å²) in [5, 5.41) is -0.281. The van der Waals surface area contributed by atoms with Crippen molar-refractivity contribution in [1.82, 2.24) is 9.88 Å². The first-order chi connectivity index (χ1) is 11.5. The van der Waals surface area contributed by atoms with Crippen molar-refractivity contribution in [2.75, 3.05) is 0 Å². The van der Waals surface area contributed by atoms with Crippen LogP contribution in [0.3, 0.4) is 0 Å². The first kappa shape index (κ1) is 16.7. The normalized spacial score (nSPS) is 16.3. The van der Waals surface area contributed by atoms with Crippen LogP contribution in [0.1, 0.15) is 17.0 Å². The maximum Gasteiger partial charge on any atom is 0.293 e. The maximum absolute atomic E-state index is 13.9. The lowest BCUT2D eigenvalue weighted by Gasteiger charge is -2.14. The molecule has 1 saturated heterocycles. The van der Waals surface area contributed by atoms with E-state index in [4.69, 9.17) is 11.6 Å². The Morgan fingerprint density at radius 2 is 2.00 bits per heavy atom. The zero-order valence-corrected chi connectivity index (χ0v) is 14.2. The molecule has 0 bridgehead atoms. The number of thioether (sulfide) groups is 1. The topological polar surface area (TPSA) is 50.3 Å². The van der Waals surface area contributed by atoms with Gasteiger partial charge in [0.25, 0.3) is 11.1 Å². The molecule has 1 aromatic heterocycles. The highest BCUT2D eigenvalue weighted by Gasteiger charge is 2.36. The number of halogens is 2. The lowest BCUT2D eigenvalue weighted by molar-refractivity contribution is -0.123. The number of carbonyl (C=O) groups excluding carboxylic acids is 2. The average Bonchev–Trinajstić information content (AvgIpc) is 2.78. The summed E-state index contributed by atoms with van der Waals surface area (Å²) in [4.78, 5) is 30.1. The summed E-state index contributed by atoms with van der Waals surface area (Å²) in [7, 11) is 0. The number of hydrogen-bond acceptors (Lipinski definition) is 4. The first-order valence-electron chi connectivity index (χ1n) is 7.07. The number of nitrogens with zero attached hydrogens (tertiary/aromatic N) is 2. The van der Waals surface area contributed by atoms with Crippen molar-refractivity contribution in [3.05, 3.63) is 69.1 Å². The van der Waals surface area contributed by atoms with E-state index >= 15 is 0 Å². The summed E-state index contributed by atoms with van der Waals surface area (Å²) >= 11 is 6.77. The number of carbonyl (C=O) groups is 2. The van der Waals surface area contributed by atoms with E-state index in [0.29, 0.717) is 5.69 Å². The van der Waals surface area contributed by atoms with Gasteiger partial charge in [0, 0.05) is 16.3 Å². The van der Waals surface area contributed by atoms with Crippen molar-refractivity contribution >= 4 is 40.6 Å². The molecule has 0 N–H and O–H groups in total. The van der Waals surface area contributed by atoms with Crippen LogP contribution in [-0.4, -0.2) is 21.0 Å². The van der Waals surface area contributed by atoms with E-state index in [1.165, 1.54) is 18.2 Å². The van der Waals surface area contributed by atoms with Gasteiger partial charge >= 0.3 is 0 Å². The van der Waals surface area contributed by atoms with Crippen LogP contribution in [0.25, 0.3) is 6.08 Å². The molecule has 1 aromatic carbocycles. The van der Waals surface area contributed by atoms with E-state index in [-0.39, 0.29) is 22.0 Å². The minimum absolute atomic E-state index is 0.122. The number of aryl methyl sites for hydroxylation is 1. The van der Waals surface area contributed by atoms with Crippen LogP contribution >= 0.6 is 23.4 Å². The van der Waals surface area contributed by atoms with Crippen molar-refractivity contribution in [3.63, 3.8) is 0 Å². The Kier molecular flexibility index (Phi) is 4.69. The number of rotatable bonds is 3. The van der Waals surface area contributed by atoms with Gasteiger partial charge in [-0.25, -0.2) is 4.39 Å². The predicted molar refractivity (Wildman–Crippen MR) is 91.9 cm³/mol. The predicted octanol–water partition coefficient (Wildman–Crippen LogP) is 4.42. The van der Waals surface area contributed by atoms with Gasteiger partial charge in [0.2, 0.25) is 0 Å². The van der Waals surface area contributed by atoms with E-state index in [2.05, 4.69) is 4.98 Å². The molecular formula is C17H12ClFN2O2S. The van der Waals surface area contributed by atoms with Crippen molar-refractivity contribution in [3.8, 4) is 0 Å². The lowest BCUT2D eigenvalue weighted by Crippen LogP contribution is -2.28. The average molecular weight is 363 g/mol. The number of hydrogen-bond donors (Lipinski definition) is 0. The largest absolute Gasteiger partial charge is 0.293 e. The fourth-order valence-electron chi connectivity index (χ4n) is 2.26. The SMILES string of the molecule is Cc1cccc(/C=C2\SC(=O)N(Cc3c(F)cccc3Cl)C2=O)n1. The third kappa shape index (κ3) is 3.34. The van der Waals surface area contributed by atoms with Gasteiger partial charge in [-0.15, -0.1) is 0 Å². The van der Waals surface area contributed by atoms with Crippen molar-refractivity contribution < 1.29 is 14.0 Å². The summed E-state index contributed by atoms with van der Waals surface area (Å²) in [5.41, 5.74) is 1.52. The maximum atomic E-state index is 13.9. The summed E-state index contributed by atoms with van der Waals surface area (Å²) in [5.74, 6) is -1.03. The molecule has 0 atom stereocenters. The number of amides is 2. The van der Waals surface area contributed by atoms with Crippen LogP contribution in [-0.2, 0) is 11.3 Å². The monoisotopic (exact) mass is 362 g/mol. The first-order valence-corrected chi connectivity index (χ1v) is 8.27. The van der Waals surface area contributed by atoms with Gasteiger partial charge in [-0.1, -0.05) is 23.7 Å². The van der Waals surface area contributed by atoms with Crippen molar-refractivity contribution in [2.45, 2.75) is 13.5 Å². The Hall–Kier alpha value is -2.18. The number of pyridine rings is 1. The van der Waals surface area contributed by atoms with Crippen LogP contribution in [0, 0.1) is 12.7 Å². The minimum Gasteiger partial charge on any atom is -0.268 e. The quantitative estimate of drug-likeness (QED) is 0.758. The van der Waals surface area contributed by atoms with E-state index in [1.807, 2.05) is 19.1 Å². The molecule has 0 radical (unpaired) electrons. The van der Waals surface area contributed by atoms with Gasteiger partial charge < -0.3 is 0 Å². The van der Waals surface area contributed by atoms with Gasteiger partial charge in [0.05, 0.1) is 17.1 Å². The molecular weight excluding hydrogens is 351 g/mol. The Morgan fingerprint density at radius 1 is 1.25 bits per heavy atom. The van der Waals surface area contributed by atoms with Crippen LogP contribution in [0.5, 0.6) is 0 Å². The van der Waals surface area contributed by atoms with Crippen LogP contribution < -0.4 is 0 Å². The third-order valence-corrected chi connectivity index (χ3v) is 4.70. The van der Waals surface area contributed by atoms with Crippen LogP contribution in [0.15, 0.2) is 41.3 Å². The van der Waals surface area contributed by atoms with E-state index in [0.717, 1.165) is 22.4 Å². The molecule has 1 aliphatic heterocycles. The smallest absolute Gasteiger partial charge is 0.268 e. The molecule has 24 heavy (non-hydrogen) atoms. The van der Waals surface area contributed by atoms with Crippen molar-refractivity contribution in [1.29, 1.82) is 0 Å². The summed E-state index contributed by atoms with van der Waals surface area (Å²) in [6.07, 6.45) is 1.56. The molecule has 0 saturated carbocycles. The fourth-order valence-corrected chi connectivity index (χ4v) is 3.30. The fraction of sp³-hybridized carbons (Fsp3) is 0.118. The number of benzene rings is 1. The van der Waals surface area contributed by atoms with E-state index < -0.39 is 17.0 Å². The molecule has 0 aliphatic carbocycles. The van der Waals surface area contributed by atoms with Gasteiger partial charge in [-0.05, 0) is 49.0 Å². The highest BCUT2D eigenvalue weighted by molar-refractivity contribution is 8.18. The number of imide groups is 1. The molecule has 2 heterocycles. The molecule has 122 valence electrons. The molecule has 1 fully saturated rings. The molecule has 3 rings (SSSR count). The highest BCUT2D eigenvalue weighted by atomic mass is 35.5. The number of aromatic nitrogens is 1. The van der Waals surface area contributed by atoms with Gasteiger partial charge in [0.1, 0.15) is 5.82 Å². The lowest BCUT2D eigenvalue weighted by atomic mass is 10.2. The minimum atomic E-state index is -0.550. The highest BCUT2D eigenvalue weighted by Crippen LogP contribution is 2.34. The Morgan fingerprint density at radius 3 is 2.71 bits per heavy atom. The van der Waals surface area contributed by atoms with E-state index in [9.17, 15) is 14.0 Å². The second kappa shape index (κ2) is 6.75. The summed E-state index contributed by atoms with van der Waals surface area (Å²) in [6.45, 7) is 1.64. The molecule has 4 nitrogen and oxygen atoms in total. The second-order valence-electron chi connectivity index (χ2n) is 5.17. The van der Waals surface area contributed by atoms with Gasteiger partial charge in [-0.2, -0.15) is 0 Å². The Labute approximate surface area is 147 Å². The molecule has 2 aromatic rings. The summed E-state index contributed by atoms with van der Waals surface area (Å²) < 4.78 is 13.9. The van der Waals surface area contributed by atoms with Gasteiger partial charge in [-0.3, -0.25) is 19.5 Å². The Bertz CT molecular complexity index is 849. The molecule has 7 heteroatoms. The van der Waals surface area contributed by atoms with Gasteiger partial charge in [0.15, 0.2) is 0 Å². The van der Waals surface area contributed by atoms with Crippen molar-refractivity contribution in [2.24, 2.45) is 0 Å². The zero-order valence-electron chi connectivity index (χ0n) is 12.6. The third-order valence-electron chi connectivity index (χ3n) is 3.44. The van der Waals surface area contributed by atoms with E-state index in [1.54, 1.807) is 12.1 Å². The molecule has 1 aliphatic rings. The van der Waals surface area contributed by atoms with Crippen LogP contribution in [0.4, 0.5) is 9.18 Å². The zero-order chi connectivity index (χ0) is 17.3. The molecule has 2 amide bonds. The second-order valence-corrected chi connectivity index (χ2v) is 6.57. The molecule has 0 unspecified atom stereocenters. The summed E-state index contributed by atoms with van der Waals surface area (Å²) in [6, 6.07) is 9.63. The molecule has 0 spiro atoms. The Balaban J connectivity index is 1.87. The standard InChI is InChI=1S/C17H12ClFN2O2S/c1-10-4-2-5-11(20-10)8-15-16(22)21(17(23)24-15)9-12-13(18)6-3-7-14(12)19/h2-8H,9H2,1H3/b15-8-.